The summed E-state index contributed by atoms with van der Waals surface area (Å²) in [5, 5.41) is 0. The summed E-state index contributed by atoms with van der Waals surface area (Å²) in [6, 6.07) is 11.4. The van der Waals surface area contributed by atoms with Crippen molar-refractivity contribution in [3.05, 3.63) is 45.7 Å². The Morgan fingerprint density at radius 2 is 1.81 bits per heavy atom. The van der Waals surface area contributed by atoms with Crippen molar-refractivity contribution in [2.45, 2.75) is 6.92 Å². The van der Waals surface area contributed by atoms with E-state index in [9.17, 15) is 0 Å². The molecule has 0 bridgehead atoms. The third kappa shape index (κ3) is 2.63. The predicted octanol–water partition coefficient (Wildman–Crippen LogP) is 3.37. The number of aromatic nitrogens is 1. The molecule has 0 fully saturated rings. The van der Waals surface area contributed by atoms with Gasteiger partial charge in [-0.1, -0.05) is 0 Å². The van der Waals surface area contributed by atoms with E-state index in [4.69, 9.17) is 10.5 Å². The lowest BCUT2D eigenvalue weighted by Crippen LogP contribution is -1.96. The zero-order valence-corrected chi connectivity index (χ0v) is 10.9. The van der Waals surface area contributed by atoms with Crippen LogP contribution >= 0.6 is 22.6 Å². The first kappa shape index (κ1) is 11.2. The summed E-state index contributed by atoms with van der Waals surface area (Å²) in [6.07, 6.45) is 0. The number of pyridine rings is 1. The highest BCUT2D eigenvalue weighted by Gasteiger charge is 2.03. The number of nitrogens with two attached hydrogens (primary N) is 1. The fourth-order valence-electron chi connectivity index (χ4n) is 1.24. The van der Waals surface area contributed by atoms with Crippen LogP contribution in [-0.4, -0.2) is 4.98 Å². The zero-order chi connectivity index (χ0) is 11.5. The standard InChI is InChI=1S/C12H11IN2O/c1-8-2-7-11(14)12(15-8)16-10-5-3-9(13)4-6-10/h2-7H,14H2,1H3. The molecule has 0 atom stereocenters. The summed E-state index contributed by atoms with van der Waals surface area (Å²) in [5.74, 6) is 1.20. The van der Waals surface area contributed by atoms with Gasteiger partial charge >= 0.3 is 0 Å². The fourth-order valence-corrected chi connectivity index (χ4v) is 1.60. The molecular formula is C12H11IN2O. The Morgan fingerprint density at radius 1 is 1.12 bits per heavy atom. The number of aryl methyl sites for hydroxylation is 1. The molecule has 0 spiro atoms. The SMILES string of the molecule is Cc1ccc(N)c(Oc2ccc(I)cc2)n1. The summed E-state index contributed by atoms with van der Waals surface area (Å²) < 4.78 is 6.77. The maximum Gasteiger partial charge on any atom is 0.242 e. The van der Waals surface area contributed by atoms with E-state index in [0.717, 1.165) is 15.0 Å². The third-order valence-electron chi connectivity index (χ3n) is 2.06. The third-order valence-corrected chi connectivity index (χ3v) is 2.78. The van der Waals surface area contributed by atoms with Crippen molar-refractivity contribution in [2.24, 2.45) is 0 Å². The number of rotatable bonds is 2. The van der Waals surface area contributed by atoms with Crippen LogP contribution in [0.3, 0.4) is 0 Å². The highest BCUT2D eigenvalue weighted by atomic mass is 127. The first-order valence-corrected chi connectivity index (χ1v) is 5.89. The van der Waals surface area contributed by atoms with Crippen LogP contribution in [0.15, 0.2) is 36.4 Å². The molecule has 82 valence electrons. The van der Waals surface area contributed by atoms with Gasteiger partial charge in [0.1, 0.15) is 5.75 Å². The van der Waals surface area contributed by atoms with Crippen LogP contribution < -0.4 is 10.5 Å². The molecular weight excluding hydrogens is 315 g/mol. The Balaban J connectivity index is 2.26. The molecule has 2 N–H and O–H groups in total. The van der Waals surface area contributed by atoms with Crippen LogP contribution in [-0.2, 0) is 0 Å². The van der Waals surface area contributed by atoms with Crippen molar-refractivity contribution in [2.75, 3.05) is 5.73 Å². The van der Waals surface area contributed by atoms with E-state index in [0.29, 0.717) is 11.6 Å². The van der Waals surface area contributed by atoms with Gasteiger partial charge in [-0.05, 0) is 65.9 Å². The molecule has 1 heterocycles. The summed E-state index contributed by atoms with van der Waals surface area (Å²) in [4.78, 5) is 4.24. The van der Waals surface area contributed by atoms with Gasteiger partial charge in [0.05, 0.1) is 5.69 Å². The smallest absolute Gasteiger partial charge is 0.242 e. The average molecular weight is 326 g/mol. The zero-order valence-electron chi connectivity index (χ0n) is 8.77. The molecule has 0 saturated heterocycles. The molecule has 0 unspecified atom stereocenters. The molecule has 0 saturated carbocycles. The predicted molar refractivity (Wildman–Crippen MR) is 72.6 cm³/mol. The Labute approximate surface area is 108 Å². The highest BCUT2D eigenvalue weighted by Crippen LogP contribution is 2.25. The van der Waals surface area contributed by atoms with E-state index >= 15 is 0 Å². The van der Waals surface area contributed by atoms with Gasteiger partial charge in [-0.2, -0.15) is 0 Å². The van der Waals surface area contributed by atoms with Crippen LogP contribution in [0.2, 0.25) is 0 Å². The molecule has 0 amide bonds. The van der Waals surface area contributed by atoms with Crippen molar-refractivity contribution >= 4 is 28.3 Å². The van der Waals surface area contributed by atoms with Gasteiger partial charge in [-0.15, -0.1) is 0 Å². The number of nitrogen functional groups attached to an aromatic ring is 1. The van der Waals surface area contributed by atoms with E-state index < -0.39 is 0 Å². The largest absolute Gasteiger partial charge is 0.437 e. The van der Waals surface area contributed by atoms with Crippen LogP contribution in [0.5, 0.6) is 11.6 Å². The van der Waals surface area contributed by atoms with E-state index in [1.807, 2.05) is 37.3 Å². The maximum atomic E-state index is 5.78. The highest BCUT2D eigenvalue weighted by molar-refractivity contribution is 14.1. The van der Waals surface area contributed by atoms with E-state index in [1.54, 1.807) is 6.07 Å². The number of hydrogen-bond acceptors (Lipinski definition) is 3. The van der Waals surface area contributed by atoms with Crippen LogP contribution in [0.4, 0.5) is 5.69 Å². The second-order valence-corrected chi connectivity index (χ2v) is 4.65. The monoisotopic (exact) mass is 326 g/mol. The maximum absolute atomic E-state index is 5.78. The molecule has 4 heteroatoms. The minimum Gasteiger partial charge on any atom is -0.437 e. The van der Waals surface area contributed by atoms with Crippen LogP contribution in [0.25, 0.3) is 0 Å². The lowest BCUT2D eigenvalue weighted by atomic mass is 10.3. The van der Waals surface area contributed by atoms with E-state index in [2.05, 4.69) is 27.6 Å². The van der Waals surface area contributed by atoms with Gasteiger partial charge in [0.2, 0.25) is 5.88 Å². The number of ether oxygens (including phenoxy) is 1. The molecule has 2 rings (SSSR count). The quantitative estimate of drug-likeness (QED) is 0.861. The molecule has 16 heavy (non-hydrogen) atoms. The van der Waals surface area contributed by atoms with Gasteiger partial charge in [-0.3, -0.25) is 0 Å². The van der Waals surface area contributed by atoms with Crippen molar-refractivity contribution in [3.63, 3.8) is 0 Å². The van der Waals surface area contributed by atoms with Crippen molar-refractivity contribution in [3.8, 4) is 11.6 Å². The lowest BCUT2D eigenvalue weighted by molar-refractivity contribution is 0.464. The summed E-state index contributed by atoms with van der Waals surface area (Å²) in [5.41, 5.74) is 7.21. The van der Waals surface area contributed by atoms with E-state index in [-0.39, 0.29) is 0 Å². The van der Waals surface area contributed by atoms with Gasteiger partial charge < -0.3 is 10.5 Å². The molecule has 0 radical (unpaired) electrons. The molecule has 0 aliphatic carbocycles. The van der Waals surface area contributed by atoms with Gasteiger partial charge in [-0.25, -0.2) is 4.98 Å². The first-order chi connectivity index (χ1) is 7.65. The number of halogens is 1. The fraction of sp³-hybridized carbons (Fsp3) is 0.0833. The van der Waals surface area contributed by atoms with E-state index in [1.165, 1.54) is 0 Å². The van der Waals surface area contributed by atoms with Crippen molar-refractivity contribution < 1.29 is 4.74 Å². The van der Waals surface area contributed by atoms with Crippen LogP contribution in [0.1, 0.15) is 5.69 Å². The molecule has 0 aliphatic heterocycles. The average Bonchev–Trinajstić information content (AvgIpc) is 2.27. The Kier molecular flexibility index (Phi) is 3.28. The number of hydrogen-bond donors (Lipinski definition) is 1. The second kappa shape index (κ2) is 4.69. The molecule has 1 aromatic heterocycles. The van der Waals surface area contributed by atoms with Crippen molar-refractivity contribution in [1.82, 2.24) is 4.98 Å². The number of benzene rings is 1. The minimum absolute atomic E-state index is 0.459. The first-order valence-electron chi connectivity index (χ1n) is 4.82. The molecule has 3 nitrogen and oxygen atoms in total. The molecule has 0 aliphatic rings. The van der Waals surface area contributed by atoms with Crippen molar-refractivity contribution in [1.29, 1.82) is 0 Å². The molecule has 2 aromatic rings. The van der Waals surface area contributed by atoms with Gasteiger partial charge in [0.15, 0.2) is 0 Å². The minimum atomic E-state index is 0.459. The second-order valence-electron chi connectivity index (χ2n) is 3.40. The Hall–Kier alpha value is -1.30. The van der Waals surface area contributed by atoms with Gasteiger partial charge in [0.25, 0.3) is 0 Å². The summed E-state index contributed by atoms with van der Waals surface area (Å²) in [7, 11) is 0. The lowest BCUT2D eigenvalue weighted by Gasteiger charge is -2.07. The number of nitrogens with zero attached hydrogens (tertiary/aromatic N) is 1. The topological polar surface area (TPSA) is 48.1 Å². The van der Waals surface area contributed by atoms with Crippen LogP contribution in [0, 0.1) is 10.5 Å². The normalized spacial score (nSPS) is 10.1. The summed E-state index contributed by atoms with van der Waals surface area (Å²) >= 11 is 2.24. The number of anilines is 1. The Bertz CT molecular complexity index is 497. The summed E-state index contributed by atoms with van der Waals surface area (Å²) in [6.45, 7) is 1.90. The van der Waals surface area contributed by atoms with Gasteiger partial charge in [0, 0.05) is 9.26 Å². The molecule has 1 aromatic carbocycles. The Morgan fingerprint density at radius 3 is 2.50 bits per heavy atom.